The van der Waals surface area contributed by atoms with Crippen molar-refractivity contribution in [3.8, 4) is 0 Å². The van der Waals surface area contributed by atoms with Gasteiger partial charge in [-0.05, 0) is 30.3 Å². The van der Waals surface area contributed by atoms with Crippen LogP contribution in [0.15, 0.2) is 35.2 Å². The van der Waals surface area contributed by atoms with Crippen LogP contribution in [0.3, 0.4) is 0 Å². The van der Waals surface area contributed by atoms with Gasteiger partial charge in [-0.1, -0.05) is 0 Å². The first-order valence-electron chi connectivity index (χ1n) is 5.79. The molecule has 9 heteroatoms. The molecule has 0 spiro atoms. The number of sulfonamides is 1. The molecule has 0 fully saturated rings. The Morgan fingerprint density at radius 3 is 2.18 bits per heavy atom. The number of nitrogens with one attached hydrogen (secondary N) is 1. The van der Waals surface area contributed by atoms with Crippen molar-refractivity contribution in [1.29, 1.82) is 0 Å². The maximum absolute atomic E-state index is 13.5. The van der Waals surface area contributed by atoms with Crippen molar-refractivity contribution in [2.24, 2.45) is 0 Å². The highest BCUT2D eigenvalue weighted by Crippen LogP contribution is 2.20. The van der Waals surface area contributed by atoms with E-state index in [1.54, 1.807) is 4.72 Å². The van der Waals surface area contributed by atoms with E-state index in [4.69, 9.17) is 0 Å². The standard InChI is InChI=1S/C13H8F5NO2S/c14-8-1-2-9(15)7(5-8)6-19-22(20,21)11-4-3-10(16)12(17)13(11)18/h1-5,19H,6H2. The smallest absolute Gasteiger partial charge is 0.207 e. The molecule has 2 aromatic rings. The number of hydrogen-bond donors (Lipinski definition) is 1. The predicted molar refractivity (Wildman–Crippen MR) is 66.7 cm³/mol. The Bertz CT molecular complexity index is 823. The van der Waals surface area contributed by atoms with Crippen molar-refractivity contribution in [1.82, 2.24) is 4.72 Å². The summed E-state index contributed by atoms with van der Waals surface area (Å²) in [6.07, 6.45) is 0. The molecule has 0 aliphatic carbocycles. The lowest BCUT2D eigenvalue weighted by Gasteiger charge is -2.09. The molecule has 0 aromatic heterocycles. The van der Waals surface area contributed by atoms with Crippen molar-refractivity contribution in [2.75, 3.05) is 0 Å². The second-order valence-corrected chi connectivity index (χ2v) is 5.97. The van der Waals surface area contributed by atoms with Crippen LogP contribution in [-0.4, -0.2) is 8.42 Å². The molecule has 2 aromatic carbocycles. The van der Waals surface area contributed by atoms with E-state index >= 15 is 0 Å². The van der Waals surface area contributed by atoms with E-state index < -0.39 is 50.5 Å². The van der Waals surface area contributed by atoms with Gasteiger partial charge < -0.3 is 0 Å². The molecular weight excluding hydrogens is 329 g/mol. The average Bonchev–Trinajstić information content (AvgIpc) is 2.45. The van der Waals surface area contributed by atoms with Crippen LogP contribution < -0.4 is 4.72 Å². The van der Waals surface area contributed by atoms with E-state index in [-0.39, 0.29) is 5.56 Å². The van der Waals surface area contributed by atoms with Crippen LogP contribution in [0.25, 0.3) is 0 Å². The maximum Gasteiger partial charge on any atom is 0.243 e. The number of benzene rings is 2. The zero-order valence-electron chi connectivity index (χ0n) is 10.7. The summed E-state index contributed by atoms with van der Waals surface area (Å²) in [6, 6.07) is 3.34. The molecule has 0 atom stereocenters. The van der Waals surface area contributed by atoms with E-state index in [0.29, 0.717) is 12.1 Å². The minimum absolute atomic E-state index is 0.327. The second-order valence-electron chi connectivity index (χ2n) is 4.23. The molecular formula is C13H8F5NO2S. The van der Waals surface area contributed by atoms with Crippen LogP contribution >= 0.6 is 0 Å². The fraction of sp³-hybridized carbons (Fsp3) is 0.0769. The van der Waals surface area contributed by atoms with Gasteiger partial charge in [0.25, 0.3) is 0 Å². The minimum Gasteiger partial charge on any atom is -0.207 e. The molecule has 22 heavy (non-hydrogen) atoms. The predicted octanol–water partition coefficient (Wildman–Crippen LogP) is 2.86. The van der Waals surface area contributed by atoms with Gasteiger partial charge in [0.05, 0.1) is 0 Å². The van der Waals surface area contributed by atoms with Crippen LogP contribution in [-0.2, 0) is 16.6 Å². The lowest BCUT2D eigenvalue weighted by Crippen LogP contribution is -2.25. The van der Waals surface area contributed by atoms with Crippen LogP contribution in [0.4, 0.5) is 22.0 Å². The van der Waals surface area contributed by atoms with Crippen molar-refractivity contribution in [3.63, 3.8) is 0 Å². The minimum atomic E-state index is -4.58. The van der Waals surface area contributed by atoms with Crippen LogP contribution in [0.2, 0.25) is 0 Å². The first kappa shape index (κ1) is 16.4. The van der Waals surface area contributed by atoms with Gasteiger partial charge in [0.2, 0.25) is 10.0 Å². The Kier molecular flexibility index (Phi) is 4.47. The van der Waals surface area contributed by atoms with Crippen LogP contribution in [0.1, 0.15) is 5.56 Å². The van der Waals surface area contributed by atoms with E-state index in [1.807, 2.05) is 0 Å². The summed E-state index contributed by atoms with van der Waals surface area (Å²) in [7, 11) is -4.58. The Morgan fingerprint density at radius 1 is 0.864 bits per heavy atom. The van der Waals surface area contributed by atoms with Crippen LogP contribution in [0.5, 0.6) is 0 Å². The van der Waals surface area contributed by atoms with Gasteiger partial charge in [0, 0.05) is 12.1 Å². The van der Waals surface area contributed by atoms with Gasteiger partial charge >= 0.3 is 0 Å². The summed E-state index contributed by atoms with van der Waals surface area (Å²) in [5, 5.41) is 0. The number of rotatable bonds is 4. The first-order chi connectivity index (χ1) is 10.2. The van der Waals surface area contributed by atoms with Gasteiger partial charge in [0.1, 0.15) is 16.5 Å². The summed E-state index contributed by atoms with van der Waals surface area (Å²) in [5.74, 6) is -7.07. The van der Waals surface area contributed by atoms with Crippen molar-refractivity contribution in [3.05, 3.63) is 65.0 Å². The summed E-state index contributed by atoms with van der Waals surface area (Å²) in [4.78, 5) is -1.14. The fourth-order valence-corrected chi connectivity index (χ4v) is 2.72. The van der Waals surface area contributed by atoms with E-state index in [0.717, 1.165) is 18.2 Å². The van der Waals surface area contributed by atoms with Gasteiger partial charge in [-0.3, -0.25) is 0 Å². The van der Waals surface area contributed by atoms with E-state index in [1.165, 1.54) is 0 Å². The zero-order valence-corrected chi connectivity index (χ0v) is 11.5. The molecule has 0 radical (unpaired) electrons. The molecule has 0 unspecified atom stereocenters. The highest BCUT2D eigenvalue weighted by Gasteiger charge is 2.24. The molecule has 3 nitrogen and oxygen atoms in total. The molecule has 0 amide bonds. The summed E-state index contributed by atoms with van der Waals surface area (Å²) < 4.78 is 91.0. The van der Waals surface area contributed by atoms with Gasteiger partial charge in [0.15, 0.2) is 17.5 Å². The third-order valence-electron chi connectivity index (χ3n) is 2.75. The largest absolute Gasteiger partial charge is 0.243 e. The molecule has 2 rings (SSSR count). The Morgan fingerprint density at radius 2 is 1.50 bits per heavy atom. The molecule has 0 saturated carbocycles. The van der Waals surface area contributed by atoms with Gasteiger partial charge in [-0.15, -0.1) is 0 Å². The molecule has 1 N–H and O–H groups in total. The molecule has 0 saturated heterocycles. The van der Waals surface area contributed by atoms with Crippen molar-refractivity contribution in [2.45, 2.75) is 11.4 Å². The lowest BCUT2D eigenvalue weighted by atomic mass is 10.2. The second kappa shape index (κ2) is 6.01. The van der Waals surface area contributed by atoms with Crippen LogP contribution in [0, 0.1) is 29.1 Å². The third-order valence-corrected chi connectivity index (χ3v) is 4.17. The fourth-order valence-electron chi connectivity index (χ4n) is 1.65. The van der Waals surface area contributed by atoms with Gasteiger partial charge in [-0.2, -0.15) is 0 Å². The lowest BCUT2D eigenvalue weighted by molar-refractivity contribution is 0.431. The zero-order chi connectivity index (χ0) is 16.5. The first-order valence-corrected chi connectivity index (χ1v) is 7.28. The summed E-state index contributed by atoms with van der Waals surface area (Å²) in [5.41, 5.74) is -0.327. The van der Waals surface area contributed by atoms with E-state index in [2.05, 4.69) is 0 Å². The van der Waals surface area contributed by atoms with E-state index in [9.17, 15) is 30.4 Å². The summed E-state index contributed by atoms with van der Waals surface area (Å²) >= 11 is 0. The Hall–Kier alpha value is -2.00. The molecule has 118 valence electrons. The highest BCUT2D eigenvalue weighted by molar-refractivity contribution is 7.89. The normalized spacial score (nSPS) is 11.7. The quantitative estimate of drug-likeness (QED) is 0.689. The molecule has 0 heterocycles. The highest BCUT2D eigenvalue weighted by atomic mass is 32.2. The van der Waals surface area contributed by atoms with Crippen molar-refractivity contribution >= 4 is 10.0 Å². The molecule has 0 aliphatic rings. The Labute approximate surface area is 122 Å². The topological polar surface area (TPSA) is 46.2 Å². The summed E-state index contributed by atoms with van der Waals surface area (Å²) in [6.45, 7) is -0.690. The Balaban J connectivity index is 2.29. The molecule has 0 aliphatic heterocycles. The average molecular weight is 337 g/mol. The SMILES string of the molecule is O=S(=O)(NCc1cc(F)ccc1F)c1ccc(F)c(F)c1F. The monoisotopic (exact) mass is 337 g/mol. The van der Waals surface area contributed by atoms with Crippen molar-refractivity contribution < 1.29 is 30.4 Å². The van der Waals surface area contributed by atoms with Gasteiger partial charge in [-0.25, -0.2) is 35.1 Å². The number of halogens is 5. The third kappa shape index (κ3) is 3.25. The molecule has 0 bridgehead atoms. The maximum atomic E-state index is 13.5. The number of hydrogen-bond acceptors (Lipinski definition) is 2.